The first-order valence-electron chi connectivity index (χ1n) is 5.97. The average molecular weight is 300 g/mol. The van der Waals surface area contributed by atoms with Crippen molar-refractivity contribution >= 4 is 34.8 Å². The summed E-state index contributed by atoms with van der Waals surface area (Å²) in [6, 6.07) is 8.24. The van der Waals surface area contributed by atoms with E-state index in [9.17, 15) is 4.79 Å². The second-order valence-electron chi connectivity index (χ2n) is 4.31. The van der Waals surface area contributed by atoms with Crippen LogP contribution in [0.3, 0.4) is 0 Å². The van der Waals surface area contributed by atoms with Gasteiger partial charge >= 0.3 is 0 Å². The van der Waals surface area contributed by atoms with E-state index in [0.717, 1.165) is 6.42 Å². The largest absolute Gasteiger partial charge is 0.360 e. The molecule has 0 bridgehead atoms. The van der Waals surface area contributed by atoms with Gasteiger partial charge in [0.15, 0.2) is 5.11 Å². The maximum absolute atomic E-state index is 10.7. The maximum atomic E-state index is 10.7. The number of nitrogens with one attached hydrogen (secondary N) is 3. The summed E-state index contributed by atoms with van der Waals surface area (Å²) in [6.45, 7) is 3.98. The minimum atomic E-state index is -0.202. The molecular formula is C13H18ClN3OS. The fourth-order valence-electron chi connectivity index (χ4n) is 1.56. The Morgan fingerprint density at radius 1 is 1.42 bits per heavy atom. The van der Waals surface area contributed by atoms with Gasteiger partial charge in [-0.2, -0.15) is 0 Å². The Morgan fingerprint density at radius 3 is 2.79 bits per heavy atom. The number of hydrazine groups is 1. The van der Waals surface area contributed by atoms with Crippen molar-refractivity contribution in [1.29, 1.82) is 0 Å². The Kier molecular flexibility index (Phi) is 6.59. The van der Waals surface area contributed by atoms with E-state index in [1.165, 1.54) is 18.1 Å². The lowest BCUT2D eigenvalue weighted by molar-refractivity contribution is -0.119. The van der Waals surface area contributed by atoms with Crippen molar-refractivity contribution in [3.63, 3.8) is 0 Å². The minimum absolute atomic E-state index is 0.0705. The number of carbonyl (C=O) groups excluding carboxylic acids is 1. The first-order valence-corrected chi connectivity index (χ1v) is 6.82. The fraction of sp³-hybridized carbons (Fsp3) is 0.385. The highest BCUT2D eigenvalue weighted by Crippen LogP contribution is 2.09. The third kappa shape index (κ3) is 6.98. The molecular weight excluding hydrogens is 282 g/mol. The van der Waals surface area contributed by atoms with E-state index < -0.39 is 0 Å². The van der Waals surface area contributed by atoms with Gasteiger partial charge in [0.05, 0.1) is 5.38 Å². The number of alkyl halides is 1. The predicted octanol–water partition coefficient (Wildman–Crippen LogP) is 1.66. The SMILES string of the molecule is CC(=O)NNC(=S)NC[C@@H](Cl)Cc1cccc(C)c1. The van der Waals surface area contributed by atoms with Crippen molar-refractivity contribution in [1.82, 2.24) is 16.2 Å². The number of amides is 1. The van der Waals surface area contributed by atoms with E-state index in [1.54, 1.807) is 0 Å². The van der Waals surface area contributed by atoms with Gasteiger partial charge in [0, 0.05) is 13.5 Å². The molecule has 1 aromatic carbocycles. The van der Waals surface area contributed by atoms with Crippen LogP contribution in [0.1, 0.15) is 18.1 Å². The molecule has 0 saturated carbocycles. The summed E-state index contributed by atoms with van der Waals surface area (Å²) in [5.41, 5.74) is 7.38. The molecule has 0 aromatic heterocycles. The first-order chi connectivity index (χ1) is 8.97. The van der Waals surface area contributed by atoms with Crippen molar-refractivity contribution in [3.05, 3.63) is 35.4 Å². The van der Waals surface area contributed by atoms with E-state index in [1.807, 2.05) is 6.07 Å². The van der Waals surface area contributed by atoms with Gasteiger partial charge in [0.2, 0.25) is 5.91 Å². The molecule has 0 unspecified atom stereocenters. The van der Waals surface area contributed by atoms with Gasteiger partial charge < -0.3 is 5.32 Å². The molecule has 1 amide bonds. The van der Waals surface area contributed by atoms with Crippen LogP contribution in [0.4, 0.5) is 0 Å². The predicted molar refractivity (Wildman–Crippen MR) is 82.1 cm³/mol. The number of carbonyl (C=O) groups is 1. The molecule has 0 aliphatic carbocycles. The summed E-state index contributed by atoms with van der Waals surface area (Å²) < 4.78 is 0. The summed E-state index contributed by atoms with van der Waals surface area (Å²) in [7, 11) is 0. The molecule has 4 nitrogen and oxygen atoms in total. The lowest BCUT2D eigenvalue weighted by Crippen LogP contribution is -2.47. The quantitative estimate of drug-likeness (QED) is 0.450. The van der Waals surface area contributed by atoms with Gasteiger partial charge in [-0.1, -0.05) is 29.8 Å². The molecule has 1 rings (SSSR count). The topological polar surface area (TPSA) is 53.2 Å². The molecule has 0 aliphatic heterocycles. The monoisotopic (exact) mass is 299 g/mol. The number of rotatable bonds is 4. The Morgan fingerprint density at radius 2 is 2.16 bits per heavy atom. The summed E-state index contributed by atoms with van der Waals surface area (Å²) in [5.74, 6) is -0.202. The molecule has 104 valence electrons. The Balaban J connectivity index is 2.29. The number of thiocarbonyl (C=S) groups is 1. The lowest BCUT2D eigenvalue weighted by Gasteiger charge is -2.14. The summed E-state index contributed by atoms with van der Waals surface area (Å²) in [6.07, 6.45) is 0.763. The highest BCUT2D eigenvalue weighted by Gasteiger charge is 2.07. The molecule has 3 N–H and O–H groups in total. The van der Waals surface area contributed by atoms with E-state index in [-0.39, 0.29) is 11.3 Å². The number of hydrogen-bond acceptors (Lipinski definition) is 2. The molecule has 6 heteroatoms. The van der Waals surface area contributed by atoms with Gasteiger partial charge in [-0.3, -0.25) is 15.6 Å². The molecule has 0 aliphatic rings. The molecule has 0 spiro atoms. The smallest absolute Gasteiger partial charge is 0.235 e. The van der Waals surface area contributed by atoms with Crippen LogP contribution in [0.15, 0.2) is 24.3 Å². The zero-order chi connectivity index (χ0) is 14.3. The standard InChI is InChI=1S/C13H18ClN3OS/c1-9-4-3-5-11(6-9)7-12(14)8-15-13(19)17-16-10(2)18/h3-6,12H,7-8H2,1-2H3,(H,16,18)(H2,15,17,19)/t12-/m0/s1. The zero-order valence-electron chi connectivity index (χ0n) is 11.0. The molecule has 0 heterocycles. The molecule has 1 atom stereocenters. The van der Waals surface area contributed by atoms with Crippen LogP contribution in [0, 0.1) is 6.92 Å². The zero-order valence-corrected chi connectivity index (χ0v) is 12.6. The van der Waals surface area contributed by atoms with Gasteiger partial charge in [-0.05, 0) is 31.1 Å². The fourth-order valence-corrected chi connectivity index (χ4v) is 1.95. The highest BCUT2D eigenvalue weighted by atomic mass is 35.5. The van der Waals surface area contributed by atoms with Crippen molar-refractivity contribution in [3.8, 4) is 0 Å². The van der Waals surface area contributed by atoms with Crippen LogP contribution in [-0.2, 0) is 11.2 Å². The molecule has 0 radical (unpaired) electrons. The van der Waals surface area contributed by atoms with Crippen LogP contribution >= 0.6 is 23.8 Å². The number of aryl methyl sites for hydroxylation is 1. The average Bonchev–Trinajstić information content (AvgIpc) is 2.34. The van der Waals surface area contributed by atoms with Crippen LogP contribution in [0.25, 0.3) is 0 Å². The van der Waals surface area contributed by atoms with Crippen LogP contribution in [-0.4, -0.2) is 22.9 Å². The highest BCUT2D eigenvalue weighted by molar-refractivity contribution is 7.80. The number of hydrogen-bond donors (Lipinski definition) is 3. The number of halogens is 1. The van der Waals surface area contributed by atoms with Crippen molar-refractivity contribution in [2.24, 2.45) is 0 Å². The Hall–Kier alpha value is -1.33. The lowest BCUT2D eigenvalue weighted by atomic mass is 10.1. The molecule has 0 saturated heterocycles. The van der Waals surface area contributed by atoms with Gasteiger partial charge in [0.25, 0.3) is 0 Å². The molecule has 0 fully saturated rings. The van der Waals surface area contributed by atoms with E-state index in [4.69, 9.17) is 23.8 Å². The van der Waals surface area contributed by atoms with Gasteiger partial charge in [-0.15, -0.1) is 11.6 Å². The van der Waals surface area contributed by atoms with Crippen molar-refractivity contribution in [2.75, 3.05) is 6.54 Å². The maximum Gasteiger partial charge on any atom is 0.235 e. The normalized spacial score (nSPS) is 11.5. The summed E-state index contributed by atoms with van der Waals surface area (Å²) in [4.78, 5) is 10.7. The summed E-state index contributed by atoms with van der Waals surface area (Å²) >= 11 is 11.2. The summed E-state index contributed by atoms with van der Waals surface area (Å²) in [5, 5.41) is 3.23. The van der Waals surface area contributed by atoms with E-state index >= 15 is 0 Å². The van der Waals surface area contributed by atoms with Crippen LogP contribution < -0.4 is 16.2 Å². The minimum Gasteiger partial charge on any atom is -0.360 e. The Labute approximate surface area is 123 Å². The third-order valence-corrected chi connectivity index (χ3v) is 2.93. The van der Waals surface area contributed by atoms with Crippen molar-refractivity contribution < 1.29 is 4.79 Å². The number of benzene rings is 1. The van der Waals surface area contributed by atoms with Crippen LogP contribution in [0.2, 0.25) is 0 Å². The van der Waals surface area contributed by atoms with Gasteiger partial charge in [-0.25, -0.2) is 0 Å². The second-order valence-corrected chi connectivity index (χ2v) is 5.33. The molecule has 19 heavy (non-hydrogen) atoms. The van der Waals surface area contributed by atoms with E-state index in [0.29, 0.717) is 11.7 Å². The van der Waals surface area contributed by atoms with Crippen molar-refractivity contribution in [2.45, 2.75) is 25.6 Å². The molecule has 1 aromatic rings. The van der Waals surface area contributed by atoms with Gasteiger partial charge in [0.1, 0.15) is 0 Å². The third-order valence-electron chi connectivity index (χ3n) is 2.38. The van der Waals surface area contributed by atoms with Crippen LogP contribution in [0.5, 0.6) is 0 Å². The second kappa shape index (κ2) is 7.96. The Bertz CT molecular complexity index is 453. The first kappa shape index (κ1) is 15.7. The van der Waals surface area contributed by atoms with E-state index in [2.05, 4.69) is 41.3 Å².